The molecule has 0 fully saturated rings. The highest BCUT2D eigenvalue weighted by atomic mass is 16.6. The lowest BCUT2D eigenvalue weighted by Crippen LogP contribution is -2.35. The third kappa shape index (κ3) is 3.68. The molecule has 0 spiro atoms. The fourth-order valence-corrected chi connectivity index (χ4v) is 1.61. The van der Waals surface area contributed by atoms with Gasteiger partial charge in [0.2, 0.25) is 0 Å². The van der Waals surface area contributed by atoms with Gasteiger partial charge in [0.05, 0.1) is 25.2 Å². The van der Waals surface area contributed by atoms with E-state index in [-0.39, 0.29) is 31.7 Å². The van der Waals surface area contributed by atoms with Crippen LogP contribution in [0.1, 0.15) is 13.8 Å². The standard InChI is InChI=1S/C13H20O4/c1-11-5-3-4-6-13(11,2)12(15)17-10-9-16-8-7-14/h3-6,11,14H,7-10H2,1-2H3. The minimum Gasteiger partial charge on any atom is -0.463 e. The molecule has 1 rings (SSSR count). The summed E-state index contributed by atoms with van der Waals surface area (Å²) in [6.07, 6.45) is 7.66. The molecule has 0 aromatic rings. The van der Waals surface area contributed by atoms with E-state index in [1.54, 1.807) is 0 Å². The van der Waals surface area contributed by atoms with Gasteiger partial charge in [0.1, 0.15) is 6.61 Å². The van der Waals surface area contributed by atoms with Crippen LogP contribution in [0.2, 0.25) is 0 Å². The molecule has 2 unspecified atom stereocenters. The summed E-state index contributed by atoms with van der Waals surface area (Å²) in [6.45, 7) is 4.65. The lowest BCUT2D eigenvalue weighted by molar-refractivity contribution is -0.155. The zero-order valence-electron chi connectivity index (χ0n) is 10.4. The van der Waals surface area contributed by atoms with E-state index in [0.717, 1.165) is 0 Å². The second-order valence-electron chi connectivity index (χ2n) is 4.29. The maximum atomic E-state index is 12.0. The summed E-state index contributed by atoms with van der Waals surface area (Å²) in [5.74, 6) is -0.114. The number of ether oxygens (including phenoxy) is 2. The third-order valence-electron chi connectivity index (χ3n) is 3.04. The quantitative estimate of drug-likeness (QED) is 0.562. The summed E-state index contributed by atoms with van der Waals surface area (Å²) in [5.41, 5.74) is -0.592. The molecule has 0 radical (unpaired) electrons. The molecular weight excluding hydrogens is 220 g/mol. The van der Waals surface area contributed by atoms with Crippen LogP contribution in [0.25, 0.3) is 0 Å². The Bertz CT molecular complexity index is 309. The van der Waals surface area contributed by atoms with Crippen molar-refractivity contribution in [2.45, 2.75) is 13.8 Å². The second kappa shape index (κ2) is 6.57. The monoisotopic (exact) mass is 240 g/mol. The predicted molar refractivity (Wildman–Crippen MR) is 64.4 cm³/mol. The summed E-state index contributed by atoms with van der Waals surface area (Å²) in [4.78, 5) is 12.0. The Balaban J connectivity index is 2.36. The van der Waals surface area contributed by atoms with E-state index in [2.05, 4.69) is 0 Å². The molecule has 1 aliphatic rings. The van der Waals surface area contributed by atoms with E-state index in [0.29, 0.717) is 6.61 Å². The number of aliphatic hydroxyl groups is 1. The largest absolute Gasteiger partial charge is 0.463 e. The van der Waals surface area contributed by atoms with Crippen molar-refractivity contribution in [3.8, 4) is 0 Å². The van der Waals surface area contributed by atoms with Crippen LogP contribution < -0.4 is 0 Å². The fourth-order valence-electron chi connectivity index (χ4n) is 1.61. The van der Waals surface area contributed by atoms with Crippen LogP contribution >= 0.6 is 0 Å². The van der Waals surface area contributed by atoms with E-state index in [1.807, 2.05) is 38.2 Å². The van der Waals surface area contributed by atoms with Crippen molar-refractivity contribution in [3.05, 3.63) is 24.3 Å². The minimum atomic E-state index is -0.592. The molecule has 1 N–H and O–H groups in total. The molecule has 0 saturated heterocycles. The number of carbonyl (C=O) groups excluding carboxylic acids is 1. The summed E-state index contributed by atoms with van der Waals surface area (Å²) in [5, 5.41) is 8.50. The van der Waals surface area contributed by atoms with Gasteiger partial charge in [0.15, 0.2) is 0 Å². The summed E-state index contributed by atoms with van der Waals surface area (Å²) < 4.78 is 10.2. The number of allylic oxidation sites excluding steroid dienone is 3. The Kier molecular flexibility index (Phi) is 5.38. The second-order valence-corrected chi connectivity index (χ2v) is 4.29. The van der Waals surface area contributed by atoms with Crippen LogP contribution in [0.4, 0.5) is 0 Å². The van der Waals surface area contributed by atoms with Crippen LogP contribution in [0.3, 0.4) is 0 Å². The Morgan fingerprint density at radius 1 is 1.35 bits per heavy atom. The fraction of sp³-hybridized carbons (Fsp3) is 0.615. The molecule has 1 aliphatic carbocycles. The first-order chi connectivity index (χ1) is 8.11. The van der Waals surface area contributed by atoms with Gasteiger partial charge in [-0.1, -0.05) is 31.2 Å². The smallest absolute Gasteiger partial charge is 0.316 e. The van der Waals surface area contributed by atoms with E-state index in [4.69, 9.17) is 14.6 Å². The summed E-state index contributed by atoms with van der Waals surface area (Å²) in [7, 11) is 0. The van der Waals surface area contributed by atoms with Gasteiger partial charge in [-0.05, 0) is 12.8 Å². The van der Waals surface area contributed by atoms with Crippen molar-refractivity contribution in [1.82, 2.24) is 0 Å². The first kappa shape index (κ1) is 13.9. The van der Waals surface area contributed by atoms with Gasteiger partial charge in [0.25, 0.3) is 0 Å². The molecule has 0 bridgehead atoms. The molecule has 96 valence electrons. The number of carbonyl (C=O) groups is 1. The number of aliphatic hydroxyl groups excluding tert-OH is 1. The summed E-state index contributed by atoms with van der Waals surface area (Å²) >= 11 is 0. The number of hydrogen-bond acceptors (Lipinski definition) is 4. The average Bonchev–Trinajstić information content (AvgIpc) is 2.32. The Morgan fingerprint density at radius 3 is 2.76 bits per heavy atom. The minimum absolute atomic E-state index is 0.0176. The Labute approximate surface area is 102 Å². The van der Waals surface area contributed by atoms with Gasteiger partial charge in [-0.25, -0.2) is 0 Å². The first-order valence-corrected chi connectivity index (χ1v) is 5.83. The van der Waals surface area contributed by atoms with Gasteiger partial charge in [-0.3, -0.25) is 4.79 Å². The topological polar surface area (TPSA) is 55.8 Å². The number of hydrogen-bond donors (Lipinski definition) is 1. The number of esters is 1. The van der Waals surface area contributed by atoms with Gasteiger partial charge in [0, 0.05) is 0 Å². The molecule has 0 saturated carbocycles. The van der Waals surface area contributed by atoms with Crippen molar-refractivity contribution < 1.29 is 19.4 Å². The highest BCUT2D eigenvalue weighted by molar-refractivity contribution is 5.79. The van der Waals surface area contributed by atoms with Crippen LogP contribution in [0.15, 0.2) is 24.3 Å². The van der Waals surface area contributed by atoms with Crippen LogP contribution in [-0.4, -0.2) is 37.5 Å². The number of rotatable bonds is 6. The Morgan fingerprint density at radius 2 is 2.12 bits per heavy atom. The third-order valence-corrected chi connectivity index (χ3v) is 3.04. The molecule has 0 aromatic carbocycles. The Hall–Kier alpha value is -1.13. The maximum absolute atomic E-state index is 12.0. The lowest BCUT2D eigenvalue weighted by atomic mass is 9.75. The molecular formula is C13H20O4. The zero-order chi connectivity index (χ0) is 12.7. The van der Waals surface area contributed by atoms with E-state index < -0.39 is 5.41 Å². The molecule has 0 aromatic heterocycles. The van der Waals surface area contributed by atoms with E-state index >= 15 is 0 Å². The molecule has 2 atom stereocenters. The van der Waals surface area contributed by atoms with Crippen molar-refractivity contribution >= 4 is 5.97 Å². The van der Waals surface area contributed by atoms with Crippen LogP contribution in [0, 0.1) is 11.3 Å². The lowest BCUT2D eigenvalue weighted by Gasteiger charge is -2.30. The molecule has 0 aliphatic heterocycles. The van der Waals surface area contributed by atoms with Crippen LogP contribution in [-0.2, 0) is 14.3 Å². The molecule has 4 nitrogen and oxygen atoms in total. The maximum Gasteiger partial charge on any atom is 0.316 e. The van der Waals surface area contributed by atoms with Crippen molar-refractivity contribution in [3.63, 3.8) is 0 Å². The van der Waals surface area contributed by atoms with Gasteiger partial charge >= 0.3 is 5.97 Å². The zero-order valence-corrected chi connectivity index (χ0v) is 10.4. The first-order valence-electron chi connectivity index (χ1n) is 5.83. The van der Waals surface area contributed by atoms with Crippen molar-refractivity contribution in [2.24, 2.45) is 11.3 Å². The molecule has 4 heteroatoms. The van der Waals surface area contributed by atoms with E-state index in [1.165, 1.54) is 0 Å². The highest BCUT2D eigenvalue weighted by Crippen LogP contribution is 2.34. The van der Waals surface area contributed by atoms with Gasteiger partial charge in [-0.15, -0.1) is 0 Å². The average molecular weight is 240 g/mol. The van der Waals surface area contributed by atoms with Gasteiger partial charge < -0.3 is 14.6 Å². The summed E-state index contributed by atoms with van der Waals surface area (Å²) in [6, 6.07) is 0. The van der Waals surface area contributed by atoms with Crippen LogP contribution in [0.5, 0.6) is 0 Å². The van der Waals surface area contributed by atoms with Crippen molar-refractivity contribution in [1.29, 1.82) is 0 Å². The normalized spacial score (nSPS) is 27.1. The van der Waals surface area contributed by atoms with Crippen molar-refractivity contribution in [2.75, 3.05) is 26.4 Å². The van der Waals surface area contributed by atoms with E-state index in [9.17, 15) is 4.79 Å². The van der Waals surface area contributed by atoms with Gasteiger partial charge in [-0.2, -0.15) is 0 Å². The SMILES string of the molecule is CC1C=CC=CC1(C)C(=O)OCCOCCO. The molecule has 0 amide bonds. The molecule has 17 heavy (non-hydrogen) atoms. The highest BCUT2D eigenvalue weighted by Gasteiger charge is 2.37. The predicted octanol–water partition coefficient (Wildman–Crippen LogP) is 1.31. The molecule has 0 heterocycles.